The number of ether oxygens (including phenoxy) is 1. The third-order valence-electron chi connectivity index (χ3n) is 1.83. The predicted octanol–water partition coefficient (Wildman–Crippen LogP) is 1.90. The highest BCUT2D eigenvalue weighted by atomic mass is 79.9. The molecule has 4 heteroatoms. The second-order valence-corrected chi connectivity index (χ2v) is 3.51. The van der Waals surface area contributed by atoms with E-state index in [9.17, 15) is 9.59 Å². The molecule has 14 heavy (non-hydrogen) atoms. The number of hydrogen-bond acceptors (Lipinski definition) is 3. The lowest BCUT2D eigenvalue weighted by Crippen LogP contribution is -2.15. The highest BCUT2D eigenvalue weighted by Gasteiger charge is 2.22. The molecule has 3 nitrogen and oxygen atoms in total. The third kappa shape index (κ3) is 2.20. The fourth-order valence-electron chi connectivity index (χ4n) is 1.11. The van der Waals surface area contributed by atoms with Crippen molar-refractivity contribution in [2.75, 3.05) is 7.11 Å². The van der Waals surface area contributed by atoms with Gasteiger partial charge in [0.25, 0.3) is 0 Å². The molecule has 0 radical (unpaired) electrons. The van der Waals surface area contributed by atoms with E-state index in [4.69, 9.17) is 0 Å². The zero-order chi connectivity index (χ0) is 10.6. The maximum Gasteiger partial charge on any atom is 0.320 e. The zero-order valence-electron chi connectivity index (χ0n) is 7.57. The Morgan fingerprint density at radius 1 is 1.50 bits per heavy atom. The van der Waals surface area contributed by atoms with Crippen molar-refractivity contribution in [2.45, 2.75) is 5.92 Å². The van der Waals surface area contributed by atoms with Crippen molar-refractivity contribution in [3.8, 4) is 0 Å². The van der Waals surface area contributed by atoms with Crippen LogP contribution in [0.4, 0.5) is 0 Å². The standard InChI is InChI=1S/C10H9BrO3/c1-14-10(13)8(6-12)7-4-2-3-5-9(7)11/h2-6,8H,1H3/t8-/m1/s1. The lowest BCUT2D eigenvalue weighted by Gasteiger charge is -2.09. The molecule has 0 aliphatic heterocycles. The van der Waals surface area contributed by atoms with Gasteiger partial charge in [0.15, 0.2) is 0 Å². The second-order valence-electron chi connectivity index (χ2n) is 2.66. The molecular weight excluding hydrogens is 248 g/mol. The molecule has 0 N–H and O–H groups in total. The van der Waals surface area contributed by atoms with Crippen LogP contribution < -0.4 is 0 Å². The van der Waals surface area contributed by atoms with Gasteiger partial charge in [-0.2, -0.15) is 0 Å². The molecule has 0 heterocycles. The monoisotopic (exact) mass is 256 g/mol. The Balaban J connectivity index is 3.07. The van der Waals surface area contributed by atoms with E-state index in [2.05, 4.69) is 20.7 Å². The van der Waals surface area contributed by atoms with Crippen LogP contribution in [-0.2, 0) is 14.3 Å². The molecule has 0 saturated carbocycles. The van der Waals surface area contributed by atoms with Gasteiger partial charge >= 0.3 is 5.97 Å². The van der Waals surface area contributed by atoms with Gasteiger partial charge in [-0.1, -0.05) is 34.1 Å². The van der Waals surface area contributed by atoms with Crippen LogP contribution in [0.15, 0.2) is 28.7 Å². The summed E-state index contributed by atoms with van der Waals surface area (Å²) < 4.78 is 5.25. The highest BCUT2D eigenvalue weighted by Crippen LogP contribution is 2.24. The number of carbonyl (C=O) groups is 2. The second kappa shape index (κ2) is 4.91. The van der Waals surface area contributed by atoms with Gasteiger partial charge in [0.1, 0.15) is 12.2 Å². The quantitative estimate of drug-likeness (QED) is 0.472. The number of aldehydes is 1. The normalized spacial score (nSPS) is 11.9. The van der Waals surface area contributed by atoms with Crippen LogP contribution in [0.3, 0.4) is 0 Å². The third-order valence-corrected chi connectivity index (χ3v) is 2.55. The van der Waals surface area contributed by atoms with E-state index < -0.39 is 11.9 Å². The van der Waals surface area contributed by atoms with Gasteiger partial charge in [-0.15, -0.1) is 0 Å². The van der Waals surface area contributed by atoms with E-state index in [0.717, 1.165) is 4.47 Å². The molecule has 0 aromatic heterocycles. The van der Waals surface area contributed by atoms with Crippen LogP contribution in [0.25, 0.3) is 0 Å². The lowest BCUT2D eigenvalue weighted by atomic mass is 10.0. The molecule has 0 fully saturated rings. The number of esters is 1. The van der Waals surface area contributed by atoms with E-state index in [1.807, 2.05) is 6.07 Å². The van der Waals surface area contributed by atoms with Crippen molar-refractivity contribution in [3.05, 3.63) is 34.3 Å². The maximum absolute atomic E-state index is 11.2. The summed E-state index contributed by atoms with van der Waals surface area (Å²) in [4.78, 5) is 22.0. The van der Waals surface area contributed by atoms with E-state index in [1.165, 1.54) is 7.11 Å². The largest absolute Gasteiger partial charge is 0.468 e. The van der Waals surface area contributed by atoms with Crippen molar-refractivity contribution >= 4 is 28.2 Å². The van der Waals surface area contributed by atoms with E-state index >= 15 is 0 Å². The van der Waals surface area contributed by atoms with Crippen molar-refractivity contribution in [2.24, 2.45) is 0 Å². The SMILES string of the molecule is COC(=O)[C@H](C=O)c1ccccc1Br. The molecule has 0 aliphatic carbocycles. The number of benzene rings is 1. The minimum absolute atomic E-state index is 0.549. The zero-order valence-corrected chi connectivity index (χ0v) is 9.15. The summed E-state index contributed by atoms with van der Waals surface area (Å²) in [6, 6.07) is 7.06. The summed E-state index contributed by atoms with van der Waals surface area (Å²) in [7, 11) is 1.26. The average molecular weight is 257 g/mol. The Kier molecular flexibility index (Phi) is 3.83. The highest BCUT2D eigenvalue weighted by molar-refractivity contribution is 9.10. The molecular formula is C10H9BrO3. The topological polar surface area (TPSA) is 43.4 Å². The van der Waals surface area contributed by atoms with Crippen LogP contribution >= 0.6 is 15.9 Å². The van der Waals surface area contributed by atoms with Gasteiger partial charge in [0.2, 0.25) is 0 Å². The smallest absolute Gasteiger partial charge is 0.320 e. The minimum atomic E-state index is -0.851. The van der Waals surface area contributed by atoms with Crippen LogP contribution in [0.1, 0.15) is 11.5 Å². The summed E-state index contributed by atoms with van der Waals surface area (Å²) in [5, 5.41) is 0. The molecule has 0 aliphatic rings. The van der Waals surface area contributed by atoms with Gasteiger partial charge in [-0.3, -0.25) is 4.79 Å². The Labute approximate surface area is 90.2 Å². The van der Waals surface area contributed by atoms with Crippen LogP contribution in [0, 0.1) is 0 Å². The van der Waals surface area contributed by atoms with E-state index in [1.54, 1.807) is 18.2 Å². The summed E-state index contributed by atoms with van der Waals surface area (Å²) >= 11 is 3.27. The van der Waals surface area contributed by atoms with Crippen molar-refractivity contribution < 1.29 is 14.3 Å². The van der Waals surface area contributed by atoms with E-state index in [-0.39, 0.29) is 0 Å². The molecule has 74 valence electrons. The molecule has 0 saturated heterocycles. The molecule has 1 rings (SSSR count). The molecule has 1 aromatic rings. The number of hydrogen-bond donors (Lipinski definition) is 0. The Hall–Kier alpha value is -1.16. The first kappa shape index (κ1) is 10.9. The van der Waals surface area contributed by atoms with E-state index in [0.29, 0.717) is 11.8 Å². The first-order chi connectivity index (χ1) is 6.70. The van der Waals surface area contributed by atoms with Crippen molar-refractivity contribution in [1.82, 2.24) is 0 Å². The molecule has 1 atom stereocenters. The first-order valence-corrected chi connectivity index (χ1v) is 4.77. The summed E-state index contributed by atoms with van der Waals surface area (Å²) in [5.74, 6) is -1.40. The predicted molar refractivity (Wildman–Crippen MR) is 55.0 cm³/mol. The Bertz CT molecular complexity index is 349. The summed E-state index contributed by atoms with van der Waals surface area (Å²) in [6.07, 6.45) is 0.575. The van der Waals surface area contributed by atoms with Crippen molar-refractivity contribution in [1.29, 1.82) is 0 Å². The molecule has 0 bridgehead atoms. The fourth-order valence-corrected chi connectivity index (χ4v) is 1.64. The molecule has 0 unspecified atom stereocenters. The number of rotatable bonds is 3. The Morgan fingerprint density at radius 2 is 2.14 bits per heavy atom. The van der Waals surface area contributed by atoms with Crippen LogP contribution in [-0.4, -0.2) is 19.4 Å². The average Bonchev–Trinajstić information content (AvgIpc) is 2.21. The van der Waals surface area contributed by atoms with Crippen LogP contribution in [0.5, 0.6) is 0 Å². The van der Waals surface area contributed by atoms with Gasteiger partial charge in [0.05, 0.1) is 7.11 Å². The minimum Gasteiger partial charge on any atom is -0.468 e. The lowest BCUT2D eigenvalue weighted by molar-refractivity contribution is -0.143. The number of halogens is 1. The van der Waals surface area contributed by atoms with Gasteiger partial charge in [0, 0.05) is 4.47 Å². The van der Waals surface area contributed by atoms with Gasteiger partial charge in [-0.25, -0.2) is 0 Å². The maximum atomic E-state index is 11.2. The number of methoxy groups -OCH3 is 1. The molecule has 0 amide bonds. The molecule has 1 aromatic carbocycles. The first-order valence-electron chi connectivity index (χ1n) is 3.98. The Morgan fingerprint density at radius 3 is 2.64 bits per heavy atom. The van der Waals surface area contributed by atoms with Gasteiger partial charge < -0.3 is 9.53 Å². The van der Waals surface area contributed by atoms with Crippen molar-refractivity contribution in [3.63, 3.8) is 0 Å². The van der Waals surface area contributed by atoms with Crippen LogP contribution in [0.2, 0.25) is 0 Å². The summed E-state index contributed by atoms with van der Waals surface area (Å²) in [5.41, 5.74) is 0.620. The molecule has 0 spiro atoms. The van der Waals surface area contributed by atoms with Gasteiger partial charge in [-0.05, 0) is 11.6 Å². The number of carbonyl (C=O) groups excluding carboxylic acids is 2. The fraction of sp³-hybridized carbons (Fsp3) is 0.200. The summed E-state index contributed by atoms with van der Waals surface area (Å²) in [6.45, 7) is 0.